The van der Waals surface area contributed by atoms with Crippen molar-refractivity contribution in [1.29, 1.82) is 0 Å². The normalized spacial score (nSPS) is 12.1. The summed E-state index contributed by atoms with van der Waals surface area (Å²) in [5.74, 6) is 0. The Hall–Kier alpha value is -0.860. The maximum absolute atomic E-state index is 3.83. The molecule has 4 heteroatoms. The van der Waals surface area contributed by atoms with Crippen molar-refractivity contribution in [3.05, 3.63) is 0 Å². The van der Waals surface area contributed by atoms with Crippen molar-refractivity contribution in [2.24, 2.45) is 10.1 Å². The lowest BCUT2D eigenvalue weighted by molar-refractivity contribution is 0.354. The molecule has 1 atom stereocenters. The van der Waals surface area contributed by atoms with Crippen LogP contribution in [-0.4, -0.2) is 44.1 Å². The predicted molar refractivity (Wildman–Crippen MR) is 51.6 cm³/mol. The maximum Gasteiger partial charge on any atom is 0.114 e. The largest absolute Gasteiger partial charge is 0.307 e. The van der Waals surface area contributed by atoms with Crippen LogP contribution < -0.4 is 5.43 Å². The van der Waals surface area contributed by atoms with Crippen molar-refractivity contribution in [3.8, 4) is 0 Å². The summed E-state index contributed by atoms with van der Waals surface area (Å²) in [4.78, 5) is 5.93. The van der Waals surface area contributed by atoms with Crippen LogP contribution in [-0.2, 0) is 0 Å². The number of hydrazone groups is 1. The summed E-state index contributed by atoms with van der Waals surface area (Å²) in [5.41, 5.74) is 2.93. The van der Waals surface area contributed by atoms with Crippen LogP contribution in [0.1, 0.15) is 13.8 Å². The van der Waals surface area contributed by atoms with E-state index in [1.54, 1.807) is 0 Å². The van der Waals surface area contributed by atoms with E-state index in [1.165, 1.54) is 0 Å². The highest BCUT2D eigenvalue weighted by Crippen LogP contribution is 1.83. The molecule has 0 aromatic rings. The summed E-state index contributed by atoms with van der Waals surface area (Å²) in [6.07, 6.45) is 0. The van der Waals surface area contributed by atoms with Gasteiger partial charge in [0.2, 0.25) is 0 Å². The first-order valence-electron chi connectivity index (χ1n) is 4.18. The van der Waals surface area contributed by atoms with E-state index in [0.29, 0.717) is 6.04 Å². The molecule has 1 N–H and O–H groups in total. The van der Waals surface area contributed by atoms with Crippen LogP contribution in [0.4, 0.5) is 0 Å². The van der Waals surface area contributed by atoms with Gasteiger partial charge in [-0.2, -0.15) is 0 Å². The third-order valence-corrected chi connectivity index (χ3v) is 1.20. The van der Waals surface area contributed by atoms with E-state index in [-0.39, 0.29) is 0 Å². The summed E-state index contributed by atoms with van der Waals surface area (Å²) in [5, 5.41) is 3.82. The van der Waals surface area contributed by atoms with Gasteiger partial charge in [0.1, 0.15) is 6.01 Å². The Morgan fingerprint density at radius 3 is 2.67 bits per heavy atom. The number of hydrogen-bond donors (Lipinski definition) is 1. The third kappa shape index (κ3) is 7.25. The molecule has 0 saturated carbocycles. The Bertz CT molecular complexity index is 158. The fourth-order valence-corrected chi connectivity index (χ4v) is 0.834. The van der Waals surface area contributed by atoms with Gasteiger partial charge in [-0.1, -0.05) is 0 Å². The third-order valence-electron chi connectivity index (χ3n) is 1.20. The van der Waals surface area contributed by atoms with Gasteiger partial charge in [0, 0.05) is 13.1 Å². The minimum absolute atomic E-state index is 0.333. The van der Waals surface area contributed by atoms with Crippen molar-refractivity contribution in [3.63, 3.8) is 0 Å². The zero-order valence-corrected chi connectivity index (χ0v) is 8.33. The molecule has 1 unspecified atom stereocenters. The average molecular weight is 170 g/mol. The fourth-order valence-electron chi connectivity index (χ4n) is 0.834. The molecule has 0 bridgehead atoms. The molecule has 4 nitrogen and oxygen atoms in total. The second kappa shape index (κ2) is 6.83. The molecule has 0 aliphatic rings. The van der Waals surface area contributed by atoms with Gasteiger partial charge < -0.3 is 4.90 Å². The second-order valence-corrected chi connectivity index (χ2v) is 2.98. The molecule has 0 aromatic heterocycles. The standard InChI is InChI=1S/C8H18N4/c1-5-9-7-10-11-8(2)6-12(3)4/h8,11H,5-6H2,1-4H3. The quantitative estimate of drug-likeness (QED) is 0.486. The smallest absolute Gasteiger partial charge is 0.114 e. The van der Waals surface area contributed by atoms with Crippen LogP contribution >= 0.6 is 0 Å². The summed E-state index contributed by atoms with van der Waals surface area (Å²) < 4.78 is 0. The van der Waals surface area contributed by atoms with Gasteiger partial charge in [-0.05, 0) is 27.9 Å². The van der Waals surface area contributed by atoms with Crippen LogP contribution in [0.2, 0.25) is 0 Å². The van der Waals surface area contributed by atoms with E-state index in [9.17, 15) is 0 Å². The highest BCUT2D eigenvalue weighted by atomic mass is 15.3. The van der Waals surface area contributed by atoms with Gasteiger partial charge in [-0.25, -0.2) is 4.99 Å². The minimum atomic E-state index is 0.333. The summed E-state index contributed by atoms with van der Waals surface area (Å²) >= 11 is 0. The van der Waals surface area contributed by atoms with Crippen molar-refractivity contribution < 1.29 is 0 Å². The molecule has 0 amide bonds. The van der Waals surface area contributed by atoms with Crippen molar-refractivity contribution in [1.82, 2.24) is 10.3 Å². The molecule has 0 aliphatic carbocycles. The molecule has 0 radical (unpaired) electrons. The van der Waals surface area contributed by atoms with Crippen LogP contribution in [0.3, 0.4) is 0 Å². The first-order valence-corrected chi connectivity index (χ1v) is 4.18. The van der Waals surface area contributed by atoms with Gasteiger partial charge in [0.05, 0.1) is 6.04 Å². The monoisotopic (exact) mass is 170 g/mol. The van der Waals surface area contributed by atoms with Gasteiger partial charge in [-0.15, -0.1) is 5.10 Å². The molecule has 0 aromatic carbocycles. The molecule has 0 rings (SSSR count). The van der Waals surface area contributed by atoms with E-state index < -0.39 is 0 Å². The summed E-state index contributed by atoms with van der Waals surface area (Å²) in [7, 11) is 4.06. The Labute approximate surface area is 74.4 Å². The average Bonchev–Trinajstić information content (AvgIpc) is 1.97. The highest BCUT2D eigenvalue weighted by Gasteiger charge is 1.98. The number of nitrogens with one attached hydrogen (secondary N) is 1. The molecule has 0 saturated heterocycles. The Kier molecular flexibility index (Phi) is 6.34. The lowest BCUT2D eigenvalue weighted by atomic mass is 10.3. The maximum atomic E-state index is 3.83. The lowest BCUT2D eigenvalue weighted by Gasteiger charge is -2.15. The van der Waals surface area contributed by atoms with E-state index in [4.69, 9.17) is 0 Å². The van der Waals surface area contributed by atoms with Crippen LogP contribution in [0, 0.1) is 0 Å². The van der Waals surface area contributed by atoms with Crippen molar-refractivity contribution in [2.75, 3.05) is 27.2 Å². The fraction of sp³-hybridized carbons (Fsp3) is 0.875. The van der Waals surface area contributed by atoms with Crippen molar-refractivity contribution >= 4 is 6.01 Å². The first-order chi connectivity index (χ1) is 5.66. The lowest BCUT2D eigenvalue weighted by Crippen LogP contribution is -2.32. The zero-order chi connectivity index (χ0) is 9.40. The Morgan fingerprint density at radius 1 is 1.50 bits per heavy atom. The molecule has 0 fully saturated rings. The van der Waals surface area contributed by atoms with E-state index in [2.05, 4.69) is 33.4 Å². The summed E-state index contributed by atoms with van der Waals surface area (Å²) in [6.45, 7) is 5.70. The molecular weight excluding hydrogens is 152 g/mol. The Balaban J connectivity index is 3.56. The Morgan fingerprint density at radius 2 is 2.17 bits per heavy atom. The van der Waals surface area contributed by atoms with Crippen LogP contribution in [0.25, 0.3) is 0 Å². The highest BCUT2D eigenvalue weighted by molar-refractivity contribution is 5.40. The van der Waals surface area contributed by atoms with Crippen molar-refractivity contribution in [2.45, 2.75) is 19.9 Å². The van der Waals surface area contributed by atoms with E-state index >= 15 is 0 Å². The molecule has 0 heterocycles. The first kappa shape index (κ1) is 11.1. The minimum Gasteiger partial charge on any atom is -0.307 e. The van der Waals surface area contributed by atoms with Gasteiger partial charge in [-0.3, -0.25) is 5.43 Å². The van der Waals surface area contributed by atoms with Crippen LogP contribution in [0.15, 0.2) is 10.1 Å². The van der Waals surface area contributed by atoms with E-state index in [1.807, 2.05) is 21.0 Å². The molecular formula is C8H18N4. The number of hydrogen-bond acceptors (Lipinski definition) is 4. The van der Waals surface area contributed by atoms with E-state index in [0.717, 1.165) is 13.1 Å². The number of rotatable bonds is 5. The second-order valence-electron chi connectivity index (χ2n) is 2.98. The topological polar surface area (TPSA) is 40.0 Å². The number of aliphatic imine (C=N–C) groups is 1. The zero-order valence-electron chi connectivity index (χ0n) is 8.33. The molecule has 0 aliphatic heterocycles. The molecule has 0 spiro atoms. The van der Waals surface area contributed by atoms with Gasteiger partial charge in [0.25, 0.3) is 0 Å². The summed E-state index contributed by atoms with van der Waals surface area (Å²) in [6, 6.07) is 2.89. The number of nitrogens with zero attached hydrogens (tertiary/aromatic N) is 3. The van der Waals surface area contributed by atoms with Gasteiger partial charge in [0.15, 0.2) is 0 Å². The molecule has 70 valence electrons. The molecule has 12 heavy (non-hydrogen) atoms. The SMILES string of the molecule is CCN=C=NNC(C)CN(C)C. The van der Waals surface area contributed by atoms with Gasteiger partial charge >= 0.3 is 0 Å². The van der Waals surface area contributed by atoms with Crippen LogP contribution in [0.5, 0.6) is 0 Å². The predicted octanol–water partition coefficient (Wildman–Crippen LogP) is 0.635. The number of likely N-dealkylation sites (N-methyl/N-ethyl adjacent to an activating group) is 1.